The summed E-state index contributed by atoms with van der Waals surface area (Å²) in [5.74, 6) is 0.724. The maximum Gasteiger partial charge on any atom is 0.155 e. The topological polar surface area (TPSA) is 57.5 Å². The van der Waals surface area contributed by atoms with Crippen LogP contribution >= 0.6 is 11.6 Å². The molecule has 4 rings (SSSR count). The molecule has 0 aromatic carbocycles. The highest BCUT2D eigenvalue weighted by atomic mass is 35.5. The number of rotatable bonds is 0. The first-order chi connectivity index (χ1) is 11.1. The van der Waals surface area contributed by atoms with Crippen molar-refractivity contribution in [2.24, 2.45) is 22.7 Å². The van der Waals surface area contributed by atoms with Gasteiger partial charge < -0.3 is 10.2 Å². The second-order valence-corrected chi connectivity index (χ2v) is 10.1. The van der Waals surface area contributed by atoms with Gasteiger partial charge in [0.2, 0.25) is 0 Å². The van der Waals surface area contributed by atoms with Gasteiger partial charge in [-0.25, -0.2) is 0 Å². The highest BCUT2D eigenvalue weighted by molar-refractivity contribution is 6.26. The van der Waals surface area contributed by atoms with E-state index in [0.29, 0.717) is 18.8 Å². The summed E-state index contributed by atoms with van der Waals surface area (Å²) >= 11 is 7.33. The van der Waals surface area contributed by atoms with Gasteiger partial charge in [-0.2, -0.15) is 0 Å². The van der Waals surface area contributed by atoms with Crippen LogP contribution in [0.1, 0.15) is 65.7 Å². The van der Waals surface area contributed by atoms with E-state index in [2.05, 4.69) is 13.8 Å². The van der Waals surface area contributed by atoms with Crippen LogP contribution in [0.15, 0.2) is 11.6 Å². The maximum absolute atomic E-state index is 11.9. The Balaban J connectivity index is 1.82. The van der Waals surface area contributed by atoms with Gasteiger partial charge >= 0.3 is 0 Å². The summed E-state index contributed by atoms with van der Waals surface area (Å²) in [6.45, 7) is 6.22. The largest absolute Gasteiger partial charge is 0.391 e. The van der Waals surface area contributed by atoms with E-state index in [0.717, 1.165) is 37.7 Å². The van der Waals surface area contributed by atoms with Crippen molar-refractivity contribution in [2.75, 3.05) is 0 Å². The third-order valence-electron chi connectivity index (χ3n) is 8.60. The van der Waals surface area contributed by atoms with E-state index < -0.39 is 16.6 Å². The average molecular weight is 353 g/mol. The number of halogens is 1. The lowest BCUT2D eigenvalue weighted by atomic mass is 9.45. The van der Waals surface area contributed by atoms with Gasteiger partial charge in [0.15, 0.2) is 5.78 Å². The lowest BCUT2D eigenvalue weighted by Gasteiger charge is -2.64. The van der Waals surface area contributed by atoms with Gasteiger partial charge in [0.05, 0.1) is 16.6 Å². The van der Waals surface area contributed by atoms with E-state index in [1.165, 1.54) is 0 Å². The van der Waals surface area contributed by atoms with E-state index in [1.807, 2.05) is 6.92 Å². The predicted molar refractivity (Wildman–Crippen MR) is 93.8 cm³/mol. The minimum absolute atomic E-state index is 0.192. The van der Waals surface area contributed by atoms with Crippen molar-refractivity contribution < 1.29 is 15.0 Å². The van der Waals surface area contributed by atoms with Crippen molar-refractivity contribution in [3.63, 3.8) is 0 Å². The fourth-order valence-electron chi connectivity index (χ4n) is 6.79. The van der Waals surface area contributed by atoms with Crippen LogP contribution < -0.4 is 0 Å². The monoisotopic (exact) mass is 352 g/mol. The van der Waals surface area contributed by atoms with Crippen LogP contribution in [0.25, 0.3) is 0 Å². The van der Waals surface area contributed by atoms with Crippen LogP contribution in [0.4, 0.5) is 0 Å². The molecule has 4 aliphatic rings. The van der Waals surface area contributed by atoms with E-state index >= 15 is 0 Å². The summed E-state index contributed by atoms with van der Waals surface area (Å²) in [6, 6.07) is 0. The lowest BCUT2D eigenvalue weighted by Crippen LogP contribution is -2.67. The molecule has 0 spiro atoms. The first-order valence-electron chi connectivity index (χ1n) is 9.39. The SMILES string of the molecule is C[C@]1(O)CC[C@H]2[C@@H]3CCC4=CC(=O)CC[C@]4(C)[C@@]3(Cl)[C@H](O)C[C@@]21C. The first-order valence-corrected chi connectivity index (χ1v) is 9.77. The van der Waals surface area contributed by atoms with E-state index in [9.17, 15) is 15.0 Å². The number of aliphatic hydroxyl groups is 2. The molecule has 7 atom stereocenters. The number of ketones is 1. The van der Waals surface area contributed by atoms with Crippen molar-refractivity contribution in [3.8, 4) is 0 Å². The standard InChI is InChI=1S/C20H29ClO3/c1-17-8-6-13(22)10-12(17)4-5-15-14-7-9-19(3,24)18(14,2)11-16(23)20(15,17)21/h10,14-16,23-24H,4-9,11H2,1-3H3/t14-,15-,16+,17-,18-,19-,20-/m0/s1. The third-order valence-corrected chi connectivity index (χ3v) is 9.55. The molecule has 3 nitrogen and oxygen atoms in total. The molecule has 3 fully saturated rings. The van der Waals surface area contributed by atoms with Crippen molar-refractivity contribution in [2.45, 2.75) is 82.3 Å². The van der Waals surface area contributed by atoms with Crippen molar-refractivity contribution in [1.29, 1.82) is 0 Å². The predicted octanol–water partition coefficient (Wildman–Crippen LogP) is 3.60. The number of fused-ring (bicyclic) bond motifs is 5. The minimum Gasteiger partial charge on any atom is -0.391 e. The van der Waals surface area contributed by atoms with Crippen LogP contribution in [0.2, 0.25) is 0 Å². The normalized spacial score (nSPS) is 57.0. The Morgan fingerprint density at radius 2 is 1.83 bits per heavy atom. The summed E-state index contributed by atoms with van der Waals surface area (Å²) in [5.41, 5.74) is -0.202. The van der Waals surface area contributed by atoms with E-state index in [-0.39, 0.29) is 22.5 Å². The molecule has 134 valence electrons. The van der Waals surface area contributed by atoms with E-state index in [1.54, 1.807) is 6.08 Å². The van der Waals surface area contributed by atoms with Gasteiger partial charge in [-0.15, -0.1) is 11.6 Å². The van der Waals surface area contributed by atoms with Crippen LogP contribution in [-0.2, 0) is 4.79 Å². The zero-order valence-electron chi connectivity index (χ0n) is 14.9. The van der Waals surface area contributed by atoms with Crippen LogP contribution in [0.3, 0.4) is 0 Å². The molecule has 0 saturated heterocycles. The Bertz CT molecular complexity index is 626. The molecule has 3 saturated carbocycles. The highest BCUT2D eigenvalue weighted by Crippen LogP contribution is 2.70. The molecule has 0 radical (unpaired) electrons. The Morgan fingerprint density at radius 3 is 2.54 bits per heavy atom. The fraction of sp³-hybridized carbons (Fsp3) is 0.850. The second kappa shape index (κ2) is 4.86. The lowest BCUT2D eigenvalue weighted by molar-refractivity contribution is -0.154. The Hall–Kier alpha value is -0.380. The summed E-state index contributed by atoms with van der Waals surface area (Å²) in [5, 5.41) is 22.2. The third kappa shape index (κ3) is 1.79. The Morgan fingerprint density at radius 1 is 1.12 bits per heavy atom. The van der Waals surface area contributed by atoms with Gasteiger partial charge in [-0.3, -0.25) is 4.79 Å². The molecular weight excluding hydrogens is 324 g/mol. The van der Waals surface area contributed by atoms with Gasteiger partial charge in [-0.05, 0) is 63.4 Å². The molecule has 2 N–H and O–H groups in total. The van der Waals surface area contributed by atoms with Gasteiger partial charge in [0.1, 0.15) is 0 Å². The minimum atomic E-state index is -0.740. The zero-order chi connectivity index (χ0) is 17.5. The number of aliphatic hydroxyl groups excluding tert-OH is 1. The molecular formula is C20H29ClO3. The molecule has 0 aromatic heterocycles. The molecule has 0 aliphatic heterocycles. The summed E-state index contributed by atoms with van der Waals surface area (Å²) in [6.07, 6.45) is 6.50. The van der Waals surface area contributed by atoms with Crippen molar-refractivity contribution >= 4 is 17.4 Å². The number of carbonyl (C=O) groups excluding carboxylic acids is 1. The molecule has 0 bridgehead atoms. The summed E-state index contributed by atoms with van der Waals surface area (Å²) < 4.78 is 0. The molecule has 4 aliphatic carbocycles. The molecule has 0 aromatic rings. The van der Waals surface area contributed by atoms with Gasteiger partial charge in [-0.1, -0.05) is 19.4 Å². The number of alkyl halides is 1. The quantitative estimate of drug-likeness (QED) is 0.655. The second-order valence-electron chi connectivity index (χ2n) is 9.44. The smallest absolute Gasteiger partial charge is 0.155 e. The number of carbonyl (C=O) groups is 1. The van der Waals surface area contributed by atoms with Gasteiger partial charge in [0.25, 0.3) is 0 Å². The first kappa shape index (κ1) is 17.1. The van der Waals surface area contributed by atoms with Crippen LogP contribution in [0.5, 0.6) is 0 Å². The Labute approximate surface area is 149 Å². The van der Waals surface area contributed by atoms with Crippen molar-refractivity contribution in [3.05, 3.63) is 11.6 Å². The fourth-order valence-corrected chi connectivity index (χ4v) is 7.35. The highest BCUT2D eigenvalue weighted by Gasteiger charge is 2.71. The Kier molecular flexibility index (Phi) is 3.46. The van der Waals surface area contributed by atoms with Gasteiger partial charge in [0, 0.05) is 17.3 Å². The summed E-state index contributed by atoms with van der Waals surface area (Å²) in [4.78, 5) is 11.2. The van der Waals surface area contributed by atoms with Crippen LogP contribution in [-0.4, -0.2) is 32.6 Å². The van der Waals surface area contributed by atoms with Crippen LogP contribution in [0, 0.1) is 22.7 Å². The molecule has 0 amide bonds. The number of hydrogen-bond donors (Lipinski definition) is 2. The zero-order valence-corrected chi connectivity index (χ0v) is 15.7. The van der Waals surface area contributed by atoms with E-state index in [4.69, 9.17) is 11.6 Å². The number of hydrogen-bond acceptors (Lipinski definition) is 3. The molecule has 24 heavy (non-hydrogen) atoms. The molecule has 0 heterocycles. The summed E-state index contributed by atoms with van der Waals surface area (Å²) in [7, 11) is 0. The number of allylic oxidation sites excluding steroid dienone is 1. The molecule has 4 heteroatoms. The molecule has 0 unspecified atom stereocenters. The van der Waals surface area contributed by atoms with Crippen molar-refractivity contribution in [1.82, 2.24) is 0 Å². The maximum atomic E-state index is 11.9. The average Bonchev–Trinajstić information content (AvgIpc) is 2.72.